The van der Waals surface area contributed by atoms with E-state index in [-0.39, 0.29) is 23.5 Å². The fourth-order valence-electron chi connectivity index (χ4n) is 3.02. The van der Waals surface area contributed by atoms with Crippen LogP contribution in [0.5, 0.6) is 0 Å². The van der Waals surface area contributed by atoms with Crippen LogP contribution in [0.2, 0.25) is 0 Å². The van der Waals surface area contributed by atoms with Crippen LogP contribution in [0.25, 0.3) is 0 Å². The Kier molecular flexibility index (Phi) is 5.53. The highest BCUT2D eigenvalue weighted by Gasteiger charge is 2.43. The van der Waals surface area contributed by atoms with Crippen LogP contribution in [0.1, 0.15) is 53.9 Å². The minimum Gasteiger partial charge on any atom is -0.310 e. The van der Waals surface area contributed by atoms with Crippen LogP contribution in [-0.2, 0) is 0 Å². The summed E-state index contributed by atoms with van der Waals surface area (Å²) in [7, 11) is 0. The van der Waals surface area contributed by atoms with Crippen molar-refractivity contribution < 1.29 is 13.2 Å². The van der Waals surface area contributed by atoms with Gasteiger partial charge in [-0.3, -0.25) is 4.90 Å². The molecule has 0 aromatic rings. The molecule has 0 amide bonds. The first-order chi connectivity index (χ1) is 9.04. The summed E-state index contributed by atoms with van der Waals surface area (Å²) in [5.74, 6) is 0. The van der Waals surface area contributed by atoms with Crippen molar-refractivity contribution in [1.29, 1.82) is 0 Å². The zero-order chi connectivity index (χ0) is 15.6. The summed E-state index contributed by atoms with van der Waals surface area (Å²) in [5, 5.41) is 3.56. The van der Waals surface area contributed by atoms with Crippen molar-refractivity contribution in [3.63, 3.8) is 0 Å². The van der Waals surface area contributed by atoms with E-state index in [0.29, 0.717) is 6.54 Å². The van der Waals surface area contributed by atoms with Crippen LogP contribution in [0, 0.1) is 5.41 Å². The van der Waals surface area contributed by atoms with Crippen LogP contribution >= 0.6 is 0 Å². The van der Waals surface area contributed by atoms with Gasteiger partial charge in [-0.15, -0.1) is 0 Å². The molecule has 0 saturated carbocycles. The van der Waals surface area contributed by atoms with Crippen molar-refractivity contribution in [1.82, 2.24) is 10.2 Å². The molecule has 1 atom stereocenters. The number of halogens is 3. The van der Waals surface area contributed by atoms with Crippen molar-refractivity contribution >= 4 is 0 Å². The Labute approximate surface area is 121 Å². The van der Waals surface area contributed by atoms with E-state index in [1.807, 2.05) is 0 Å². The largest absolute Gasteiger partial charge is 0.390 e. The van der Waals surface area contributed by atoms with Gasteiger partial charge in [0, 0.05) is 31.2 Å². The molecule has 0 bridgehead atoms. The Morgan fingerprint density at radius 1 is 1.15 bits per heavy atom. The maximum absolute atomic E-state index is 12.6. The van der Waals surface area contributed by atoms with E-state index in [1.54, 1.807) is 0 Å². The third-order valence-corrected chi connectivity index (χ3v) is 4.78. The monoisotopic (exact) mass is 294 g/mol. The number of hydrogen-bond acceptors (Lipinski definition) is 2. The molecule has 1 saturated heterocycles. The molecule has 120 valence electrons. The summed E-state index contributed by atoms with van der Waals surface area (Å²) in [6.07, 6.45) is -3.03. The average Bonchev–Trinajstić information content (AvgIpc) is 2.34. The highest BCUT2D eigenvalue weighted by molar-refractivity contribution is 5.00. The molecule has 0 aromatic carbocycles. The SMILES string of the molecule is CCC1(CC)CNC(C(C)(C)C)CN1CCC(F)(F)F. The molecule has 0 aromatic heterocycles. The molecule has 2 nitrogen and oxygen atoms in total. The molecule has 1 N–H and O–H groups in total. The van der Waals surface area contributed by atoms with Crippen LogP contribution < -0.4 is 5.32 Å². The Hall–Kier alpha value is -0.290. The maximum Gasteiger partial charge on any atom is 0.390 e. The normalized spacial score (nSPS) is 24.9. The lowest BCUT2D eigenvalue weighted by Crippen LogP contribution is -2.67. The van der Waals surface area contributed by atoms with Crippen molar-refractivity contribution in [2.75, 3.05) is 19.6 Å². The molecule has 5 heteroatoms. The van der Waals surface area contributed by atoms with Gasteiger partial charge in [0.25, 0.3) is 0 Å². The summed E-state index contributed by atoms with van der Waals surface area (Å²) in [6.45, 7) is 12.1. The number of piperazine rings is 1. The topological polar surface area (TPSA) is 15.3 Å². The van der Waals surface area contributed by atoms with Crippen molar-refractivity contribution in [2.24, 2.45) is 5.41 Å². The summed E-state index contributed by atoms with van der Waals surface area (Å²) < 4.78 is 37.7. The van der Waals surface area contributed by atoms with Gasteiger partial charge in [0.05, 0.1) is 6.42 Å². The van der Waals surface area contributed by atoms with E-state index in [9.17, 15) is 13.2 Å². The van der Waals surface area contributed by atoms with Crippen LogP contribution in [0.15, 0.2) is 0 Å². The summed E-state index contributed by atoms with van der Waals surface area (Å²) in [5.41, 5.74) is -0.0723. The van der Waals surface area contributed by atoms with Crippen molar-refractivity contribution in [2.45, 2.75) is 71.6 Å². The van der Waals surface area contributed by atoms with E-state index in [2.05, 4.69) is 44.8 Å². The Balaban J connectivity index is 2.83. The van der Waals surface area contributed by atoms with Crippen LogP contribution in [0.3, 0.4) is 0 Å². The van der Waals surface area contributed by atoms with Crippen molar-refractivity contribution in [3.8, 4) is 0 Å². The van der Waals surface area contributed by atoms with Gasteiger partial charge in [-0.05, 0) is 18.3 Å². The summed E-state index contributed by atoms with van der Waals surface area (Å²) in [4.78, 5) is 2.08. The first-order valence-electron chi connectivity index (χ1n) is 7.59. The number of nitrogens with one attached hydrogen (secondary N) is 1. The van der Waals surface area contributed by atoms with Gasteiger partial charge in [-0.25, -0.2) is 0 Å². The molecular formula is C15H29F3N2. The quantitative estimate of drug-likeness (QED) is 0.848. The smallest absolute Gasteiger partial charge is 0.310 e. The standard InChI is InChI=1S/C15H29F3N2/c1-6-14(7-2)11-19-12(13(3,4)5)10-20(14)9-8-15(16,17)18/h12,19H,6-11H2,1-5H3. The first kappa shape index (κ1) is 17.8. The van der Waals surface area contributed by atoms with E-state index in [0.717, 1.165) is 19.4 Å². The van der Waals surface area contributed by atoms with Gasteiger partial charge in [-0.1, -0.05) is 34.6 Å². The Bertz CT molecular complexity index is 303. The molecule has 0 aliphatic carbocycles. The molecule has 20 heavy (non-hydrogen) atoms. The summed E-state index contributed by atoms with van der Waals surface area (Å²) >= 11 is 0. The summed E-state index contributed by atoms with van der Waals surface area (Å²) in [6, 6.07) is 0.238. The third-order valence-electron chi connectivity index (χ3n) is 4.78. The lowest BCUT2D eigenvalue weighted by atomic mass is 9.80. The molecule has 1 fully saturated rings. The van der Waals surface area contributed by atoms with Crippen molar-refractivity contribution in [3.05, 3.63) is 0 Å². The fraction of sp³-hybridized carbons (Fsp3) is 1.00. The first-order valence-corrected chi connectivity index (χ1v) is 7.59. The highest BCUT2D eigenvalue weighted by Crippen LogP contribution is 2.33. The van der Waals surface area contributed by atoms with Gasteiger partial charge < -0.3 is 5.32 Å². The van der Waals surface area contributed by atoms with Gasteiger partial charge in [0.2, 0.25) is 0 Å². The molecule has 1 aliphatic rings. The number of alkyl halides is 3. The second-order valence-corrected chi connectivity index (χ2v) is 7.04. The second-order valence-electron chi connectivity index (χ2n) is 7.04. The van der Waals surface area contributed by atoms with Gasteiger partial charge in [-0.2, -0.15) is 13.2 Å². The van der Waals surface area contributed by atoms with E-state index in [1.165, 1.54) is 0 Å². The van der Waals surface area contributed by atoms with E-state index < -0.39 is 12.6 Å². The van der Waals surface area contributed by atoms with Crippen LogP contribution in [-0.4, -0.2) is 42.3 Å². The number of hydrogen-bond donors (Lipinski definition) is 1. The predicted molar refractivity (Wildman–Crippen MR) is 76.8 cm³/mol. The lowest BCUT2D eigenvalue weighted by Gasteiger charge is -2.52. The third kappa shape index (κ3) is 4.35. The number of nitrogens with zero attached hydrogens (tertiary/aromatic N) is 1. The maximum atomic E-state index is 12.6. The molecular weight excluding hydrogens is 265 g/mol. The minimum absolute atomic E-state index is 0.0596. The Morgan fingerprint density at radius 3 is 2.10 bits per heavy atom. The van der Waals surface area contributed by atoms with Crippen LogP contribution in [0.4, 0.5) is 13.2 Å². The zero-order valence-electron chi connectivity index (χ0n) is 13.4. The minimum atomic E-state index is -4.07. The van der Waals surface area contributed by atoms with E-state index in [4.69, 9.17) is 0 Å². The molecule has 1 heterocycles. The lowest BCUT2D eigenvalue weighted by molar-refractivity contribution is -0.144. The molecule has 1 unspecified atom stereocenters. The Morgan fingerprint density at radius 2 is 1.70 bits per heavy atom. The fourth-order valence-corrected chi connectivity index (χ4v) is 3.02. The molecule has 1 rings (SSSR count). The molecule has 0 spiro atoms. The zero-order valence-corrected chi connectivity index (χ0v) is 13.4. The predicted octanol–water partition coefficient (Wildman–Crippen LogP) is 3.82. The van der Waals surface area contributed by atoms with Gasteiger partial charge in [0.1, 0.15) is 0 Å². The van der Waals surface area contributed by atoms with Gasteiger partial charge in [0.15, 0.2) is 0 Å². The highest BCUT2D eigenvalue weighted by atomic mass is 19.4. The molecule has 1 aliphatic heterocycles. The number of rotatable bonds is 4. The molecule has 0 radical (unpaired) electrons. The van der Waals surface area contributed by atoms with Gasteiger partial charge >= 0.3 is 6.18 Å². The second kappa shape index (κ2) is 6.22. The average molecular weight is 294 g/mol. The van der Waals surface area contributed by atoms with E-state index >= 15 is 0 Å².